The standard InChI is InChI=1S/C25H40N2O3/c1-17(2)15-20(14-13-19-11-9-8-10-12-19)22(24(29)30-25(5,6)7)21(16-18(3)4)23(28)27-26/h8-14,17-18,20-22H,15-16,26H2,1-7H3,(H,27,28)/b14-13+/t20?,21-,22+/m1/s1. The van der Waals surface area contributed by atoms with E-state index in [1.54, 1.807) is 0 Å². The summed E-state index contributed by atoms with van der Waals surface area (Å²) >= 11 is 0. The van der Waals surface area contributed by atoms with E-state index in [1.165, 1.54) is 0 Å². The van der Waals surface area contributed by atoms with Gasteiger partial charge in [0, 0.05) is 0 Å². The second-order valence-corrected chi connectivity index (χ2v) is 9.87. The number of nitrogens with two attached hydrogens (primary N) is 1. The summed E-state index contributed by atoms with van der Waals surface area (Å²) in [7, 11) is 0. The number of amides is 1. The molecule has 0 saturated heterocycles. The highest BCUT2D eigenvalue weighted by Gasteiger charge is 2.41. The van der Waals surface area contributed by atoms with Crippen molar-refractivity contribution >= 4 is 18.0 Å². The van der Waals surface area contributed by atoms with Crippen LogP contribution in [-0.2, 0) is 14.3 Å². The molecule has 0 heterocycles. The number of allylic oxidation sites excluding steroid dienone is 1. The van der Waals surface area contributed by atoms with Crippen molar-refractivity contribution in [1.82, 2.24) is 5.43 Å². The van der Waals surface area contributed by atoms with Crippen LogP contribution in [0.15, 0.2) is 36.4 Å². The SMILES string of the molecule is CC(C)CC(/C=C/c1ccccc1)[C@H](C(=O)OC(C)(C)C)[C@@H](CC(C)C)C(=O)NN. The summed E-state index contributed by atoms with van der Waals surface area (Å²) in [5, 5.41) is 0. The fraction of sp³-hybridized carbons (Fsp3) is 0.600. The molecule has 0 aliphatic heterocycles. The van der Waals surface area contributed by atoms with Crippen molar-refractivity contribution in [2.45, 2.75) is 66.9 Å². The highest BCUT2D eigenvalue weighted by molar-refractivity contribution is 5.85. The molecule has 0 spiro atoms. The van der Waals surface area contributed by atoms with Crippen LogP contribution in [-0.4, -0.2) is 17.5 Å². The molecule has 0 saturated carbocycles. The highest BCUT2D eigenvalue weighted by Crippen LogP contribution is 2.35. The summed E-state index contributed by atoms with van der Waals surface area (Å²) in [5.41, 5.74) is 2.70. The van der Waals surface area contributed by atoms with Gasteiger partial charge in [-0.2, -0.15) is 0 Å². The fourth-order valence-electron chi connectivity index (χ4n) is 3.73. The topological polar surface area (TPSA) is 81.4 Å². The van der Waals surface area contributed by atoms with Gasteiger partial charge in [-0.1, -0.05) is 70.2 Å². The second-order valence-electron chi connectivity index (χ2n) is 9.87. The van der Waals surface area contributed by atoms with Crippen LogP contribution >= 0.6 is 0 Å². The number of hydrogen-bond donors (Lipinski definition) is 2. The van der Waals surface area contributed by atoms with Gasteiger partial charge >= 0.3 is 5.97 Å². The van der Waals surface area contributed by atoms with Gasteiger partial charge in [0.1, 0.15) is 5.60 Å². The zero-order valence-electron chi connectivity index (χ0n) is 19.6. The molecule has 5 nitrogen and oxygen atoms in total. The van der Waals surface area contributed by atoms with Crippen molar-refractivity contribution in [3.05, 3.63) is 42.0 Å². The van der Waals surface area contributed by atoms with Gasteiger partial charge in [0.15, 0.2) is 0 Å². The first kappa shape index (κ1) is 25.9. The second kappa shape index (κ2) is 11.9. The Labute approximate surface area is 182 Å². The third kappa shape index (κ3) is 9.12. The van der Waals surface area contributed by atoms with Gasteiger partial charge in [-0.25, -0.2) is 5.84 Å². The number of carbonyl (C=O) groups is 2. The molecule has 0 aliphatic carbocycles. The smallest absolute Gasteiger partial charge is 0.310 e. The van der Waals surface area contributed by atoms with E-state index >= 15 is 0 Å². The van der Waals surface area contributed by atoms with Gasteiger partial charge in [-0.15, -0.1) is 0 Å². The molecule has 1 aromatic carbocycles. The lowest BCUT2D eigenvalue weighted by Gasteiger charge is -2.33. The van der Waals surface area contributed by atoms with Crippen LogP contribution in [0.2, 0.25) is 0 Å². The Hall–Kier alpha value is -2.14. The first-order valence-electron chi connectivity index (χ1n) is 10.9. The Morgan fingerprint density at radius 1 is 1.03 bits per heavy atom. The normalized spacial score (nSPS) is 15.3. The third-order valence-corrected chi connectivity index (χ3v) is 4.86. The van der Waals surface area contributed by atoms with Crippen LogP contribution in [0.3, 0.4) is 0 Å². The molecule has 0 bridgehead atoms. The van der Waals surface area contributed by atoms with Crippen molar-refractivity contribution in [2.24, 2.45) is 35.4 Å². The van der Waals surface area contributed by atoms with E-state index in [2.05, 4.69) is 25.3 Å². The molecule has 0 fully saturated rings. The number of ether oxygens (including phenoxy) is 1. The molecule has 5 heteroatoms. The molecule has 30 heavy (non-hydrogen) atoms. The van der Waals surface area contributed by atoms with Crippen LogP contribution < -0.4 is 11.3 Å². The summed E-state index contributed by atoms with van der Waals surface area (Å²) in [6.45, 7) is 13.9. The Morgan fingerprint density at radius 2 is 1.60 bits per heavy atom. The van der Waals surface area contributed by atoms with E-state index in [-0.39, 0.29) is 23.7 Å². The lowest BCUT2D eigenvalue weighted by Crippen LogP contribution is -2.46. The minimum atomic E-state index is -0.636. The average Bonchev–Trinajstić information content (AvgIpc) is 2.63. The highest BCUT2D eigenvalue weighted by atomic mass is 16.6. The molecule has 1 aromatic rings. The zero-order valence-corrected chi connectivity index (χ0v) is 19.6. The van der Waals surface area contributed by atoms with Gasteiger partial charge in [0.05, 0.1) is 11.8 Å². The van der Waals surface area contributed by atoms with E-state index in [0.717, 1.165) is 12.0 Å². The molecule has 3 atom stereocenters. The summed E-state index contributed by atoms with van der Waals surface area (Å²) in [6, 6.07) is 9.96. The molecular formula is C25H40N2O3. The quantitative estimate of drug-likeness (QED) is 0.244. The van der Waals surface area contributed by atoms with E-state index in [9.17, 15) is 9.59 Å². The molecule has 1 unspecified atom stereocenters. The van der Waals surface area contributed by atoms with Crippen LogP contribution in [0, 0.1) is 29.6 Å². The van der Waals surface area contributed by atoms with Crippen LogP contribution in [0.4, 0.5) is 0 Å². The number of rotatable bonds is 10. The van der Waals surface area contributed by atoms with Gasteiger partial charge in [-0.3, -0.25) is 15.0 Å². The Balaban J connectivity index is 3.43. The monoisotopic (exact) mass is 416 g/mol. The number of nitrogens with one attached hydrogen (secondary N) is 1. The lowest BCUT2D eigenvalue weighted by molar-refractivity contribution is -0.166. The average molecular weight is 417 g/mol. The minimum absolute atomic E-state index is 0.152. The van der Waals surface area contributed by atoms with Gasteiger partial charge in [0.25, 0.3) is 0 Å². The predicted octanol–water partition coefficient (Wildman–Crippen LogP) is 4.97. The van der Waals surface area contributed by atoms with E-state index in [4.69, 9.17) is 10.6 Å². The largest absolute Gasteiger partial charge is 0.460 e. The molecule has 3 N–H and O–H groups in total. The Kier molecular flexibility index (Phi) is 10.3. The number of carbonyl (C=O) groups excluding carboxylic acids is 2. The fourth-order valence-corrected chi connectivity index (χ4v) is 3.73. The van der Waals surface area contributed by atoms with Crippen molar-refractivity contribution < 1.29 is 14.3 Å². The molecule has 1 rings (SSSR count). The maximum atomic E-state index is 13.4. The summed E-state index contributed by atoms with van der Waals surface area (Å²) < 4.78 is 5.78. The van der Waals surface area contributed by atoms with E-state index < -0.39 is 17.4 Å². The summed E-state index contributed by atoms with van der Waals surface area (Å²) in [4.78, 5) is 26.1. The predicted molar refractivity (Wildman–Crippen MR) is 123 cm³/mol. The van der Waals surface area contributed by atoms with E-state index in [0.29, 0.717) is 12.3 Å². The van der Waals surface area contributed by atoms with Crippen LogP contribution in [0.25, 0.3) is 6.08 Å². The third-order valence-electron chi connectivity index (χ3n) is 4.86. The molecule has 0 aliphatic rings. The van der Waals surface area contributed by atoms with Gasteiger partial charge < -0.3 is 4.74 Å². The van der Waals surface area contributed by atoms with Crippen LogP contribution in [0.5, 0.6) is 0 Å². The lowest BCUT2D eigenvalue weighted by atomic mass is 9.74. The van der Waals surface area contributed by atoms with Crippen LogP contribution in [0.1, 0.15) is 66.9 Å². The molecule has 1 amide bonds. The minimum Gasteiger partial charge on any atom is -0.460 e. The molecular weight excluding hydrogens is 376 g/mol. The zero-order chi connectivity index (χ0) is 22.9. The number of esters is 1. The number of hydrazine groups is 1. The maximum Gasteiger partial charge on any atom is 0.310 e. The number of hydrogen-bond acceptors (Lipinski definition) is 4. The number of benzene rings is 1. The van der Waals surface area contributed by atoms with Crippen molar-refractivity contribution in [2.75, 3.05) is 0 Å². The van der Waals surface area contributed by atoms with E-state index in [1.807, 2.05) is 71.0 Å². The van der Waals surface area contributed by atoms with Crippen molar-refractivity contribution in [3.8, 4) is 0 Å². The molecule has 168 valence electrons. The maximum absolute atomic E-state index is 13.4. The summed E-state index contributed by atoms with van der Waals surface area (Å²) in [6.07, 6.45) is 5.40. The van der Waals surface area contributed by atoms with Gasteiger partial charge in [-0.05, 0) is 56.9 Å². The molecule has 0 radical (unpaired) electrons. The summed E-state index contributed by atoms with van der Waals surface area (Å²) in [5.74, 6) is 4.10. The Morgan fingerprint density at radius 3 is 2.07 bits per heavy atom. The Bertz CT molecular complexity index is 690. The van der Waals surface area contributed by atoms with Crippen molar-refractivity contribution in [3.63, 3.8) is 0 Å². The first-order chi connectivity index (χ1) is 13.9. The van der Waals surface area contributed by atoms with Gasteiger partial charge in [0.2, 0.25) is 5.91 Å². The van der Waals surface area contributed by atoms with Crippen molar-refractivity contribution in [1.29, 1.82) is 0 Å². The first-order valence-corrected chi connectivity index (χ1v) is 10.9. The molecule has 0 aromatic heterocycles.